The summed E-state index contributed by atoms with van der Waals surface area (Å²) in [5.74, 6) is 3.42. The van der Waals surface area contributed by atoms with E-state index in [0.29, 0.717) is 0 Å². The Morgan fingerprint density at radius 3 is 1.32 bits per heavy atom. The first kappa shape index (κ1) is 30.9. The van der Waals surface area contributed by atoms with Crippen molar-refractivity contribution >= 4 is 134 Å². The van der Waals surface area contributed by atoms with E-state index in [1.165, 1.54) is 65.5 Å². The fraction of sp³-hybridized carbons (Fsp3) is 0. The molecular formula is C54H26B2N2O4. The minimum Gasteiger partial charge on any atom is -0.458 e. The average Bonchev–Trinajstić information content (AvgIpc) is 4.07. The molecule has 0 atom stereocenters. The van der Waals surface area contributed by atoms with E-state index in [-0.39, 0.29) is 13.4 Å². The molecule has 0 saturated carbocycles. The third-order valence-electron chi connectivity index (χ3n) is 14.6. The van der Waals surface area contributed by atoms with Gasteiger partial charge in [-0.25, -0.2) is 0 Å². The van der Waals surface area contributed by atoms with Crippen LogP contribution in [-0.2, 0) is 0 Å². The summed E-state index contributed by atoms with van der Waals surface area (Å²) in [5.41, 5.74) is 17.9. The van der Waals surface area contributed by atoms with Crippen molar-refractivity contribution in [3.05, 3.63) is 158 Å². The van der Waals surface area contributed by atoms with Crippen molar-refractivity contribution in [3.8, 4) is 34.4 Å². The van der Waals surface area contributed by atoms with Crippen LogP contribution in [0.5, 0.6) is 23.0 Å². The standard InChI is InChI=1S/C54H26B2N2O4/c1-3-17-39-27(9-1)49-41(59-39)23-21-35-47(49)29-11-5-13-31-53(29)57(35)37-15-7-19-43-51(37)55(31)33-25-34-46(26-45(33)61-43)62-44-20-8-16-38-52(44)56(34)32-14-6-12-30-48-36(58(38)54(30)32)22-24-42-50(48)28-10-2-4-18-40(28)60-42/h1-26H. The highest BCUT2D eigenvalue weighted by Crippen LogP contribution is 2.45. The second-order valence-corrected chi connectivity index (χ2v) is 17.4. The number of ether oxygens (including phenoxy) is 2. The minimum atomic E-state index is -0.0579. The second-order valence-electron chi connectivity index (χ2n) is 17.4. The molecule has 0 unspecified atom stereocenters. The molecule has 0 N–H and O–H groups in total. The maximum atomic E-state index is 7.00. The molecule has 62 heavy (non-hydrogen) atoms. The Balaban J connectivity index is 0.952. The van der Waals surface area contributed by atoms with Crippen LogP contribution in [-0.4, -0.2) is 22.6 Å². The maximum absolute atomic E-state index is 7.00. The normalized spacial score (nSPS) is 14.0. The summed E-state index contributed by atoms with van der Waals surface area (Å²) in [6, 6.07) is 56.8. The van der Waals surface area contributed by atoms with Crippen LogP contribution in [0.2, 0.25) is 0 Å². The van der Waals surface area contributed by atoms with E-state index in [4.69, 9.17) is 18.3 Å². The molecule has 4 aliphatic rings. The van der Waals surface area contributed by atoms with Gasteiger partial charge in [-0.05, 0) is 93.4 Å². The van der Waals surface area contributed by atoms with E-state index >= 15 is 0 Å². The van der Waals surface area contributed by atoms with Crippen LogP contribution in [0.4, 0.5) is 0 Å². The van der Waals surface area contributed by atoms with E-state index in [0.717, 1.165) is 89.2 Å². The number of fused-ring (bicyclic) bond motifs is 22. The van der Waals surface area contributed by atoms with E-state index in [9.17, 15) is 0 Å². The van der Waals surface area contributed by atoms with Crippen LogP contribution in [0.15, 0.2) is 167 Å². The Morgan fingerprint density at radius 2 is 0.806 bits per heavy atom. The quantitative estimate of drug-likeness (QED) is 0.144. The zero-order chi connectivity index (χ0) is 39.7. The van der Waals surface area contributed by atoms with Gasteiger partial charge in [-0.3, -0.25) is 0 Å². The molecule has 13 aromatic rings. The lowest BCUT2D eigenvalue weighted by Crippen LogP contribution is -2.62. The van der Waals surface area contributed by atoms with E-state index in [1.54, 1.807) is 0 Å². The summed E-state index contributed by atoms with van der Waals surface area (Å²) in [6.45, 7) is -0.116. The summed E-state index contributed by atoms with van der Waals surface area (Å²) >= 11 is 0. The van der Waals surface area contributed by atoms with E-state index in [1.807, 2.05) is 12.1 Å². The summed E-state index contributed by atoms with van der Waals surface area (Å²) in [6.07, 6.45) is 0. The van der Waals surface area contributed by atoms with Crippen LogP contribution in [0.1, 0.15) is 0 Å². The fourth-order valence-electron chi connectivity index (χ4n) is 12.4. The third-order valence-corrected chi connectivity index (χ3v) is 14.6. The summed E-state index contributed by atoms with van der Waals surface area (Å²) < 4.78 is 31.8. The van der Waals surface area contributed by atoms with Gasteiger partial charge in [0.25, 0.3) is 13.4 Å². The summed E-state index contributed by atoms with van der Waals surface area (Å²) in [7, 11) is 0. The number of benzene rings is 9. The zero-order valence-corrected chi connectivity index (χ0v) is 32.7. The molecule has 0 spiro atoms. The number of furan rings is 2. The molecule has 8 heteroatoms. The number of aromatic nitrogens is 2. The highest BCUT2D eigenvalue weighted by molar-refractivity contribution is 7.02. The van der Waals surface area contributed by atoms with Crippen LogP contribution in [0.25, 0.3) is 98.9 Å². The van der Waals surface area contributed by atoms with Crippen LogP contribution in [0.3, 0.4) is 0 Å². The van der Waals surface area contributed by atoms with Crippen molar-refractivity contribution in [1.82, 2.24) is 9.13 Å². The Bertz CT molecular complexity index is 4050. The Hall–Kier alpha value is -8.09. The fourth-order valence-corrected chi connectivity index (χ4v) is 12.4. The van der Waals surface area contributed by atoms with Crippen molar-refractivity contribution < 1.29 is 18.3 Å². The number of hydrogen-bond acceptors (Lipinski definition) is 4. The molecule has 0 amide bonds. The van der Waals surface area contributed by atoms with Gasteiger partial charge < -0.3 is 27.4 Å². The second kappa shape index (κ2) is 10.3. The van der Waals surface area contributed by atoms with E-state index in [2.05, 4.69) is 155 Å². The Labute approximate surface area is 351 Å². The molecule has 6 nitrogen and oxygen atoms in total. The van der Waals surface area contributed by atoms with Gasteiger partial charge in [-0.15, -0.1) is 0 Å². The van der Waals surface area contributed by atoms with Crippen molar-refractivity contribution in [2.24, 2.45) is 0 Å². The number of para-hydroxylation sites is 4. The third kappa shape index (κ3) is 3.37. The molecule has 0 radical (unpaired) electrons. The number of rotatable bonds is 0. The lowest BCUT2D eigenvalue weighted by Gasteiger charge is -2.36. The predicted molar refractivity (Wildman–Crippen MR) is 252 cm³/mol. The molecule has 9 aromatic carbocycles. The zero-order valence-electron chi connectivity index (χ0n) is 32.7. The molecule has 0 saturated heterocycles. The van der Waals surface area contributed by atoms with E-state index < -0.39 is 0 Å². The average molecular weight is 788 g/mol. The monoisotopic (exact) mass is 788 g/mol. The molecule has 282 valence electrons. The summed E-state index contributed by atoms with van der Waals surface area (Å²) in [4.78, 5) is 0. The molecule has 0 fully saturated rings. The highest BCUT2D eigenvalue weighted by Gasteiger charge is 2.45. The van der Waals surface area contributed by atoms with Crippen LogP contribution < -0.4 is 42.3 Å². The molecule has 4 aliphatic heterocycles. The largest absolute Gasteiger partial charge is 0.458 e. The lowest BCUT2D eigenvalue weighted by molar-refractivity contribution is 0.465. The SMILES string of the molecule is c1cc2c3c(c1)-n1c4ccc5oc6ccccc6c5c4c4cccc(c41)B3c1cc3c(cc1O2)Oc1cccc2c1B3c1cccc3c4c5c(ccc4n-2c13)oc1ccccc15. The first-order valence-electron chi connectivity index (χ1n) is 21.3. The summed E-state index contributed by atoms with van der Waals surface area (Å²) in [5, 5.41) is 9.48. The van der Waals surface area contributed by atoms with Crippen molar-refractivity contribution in [3.63, 3.8) is 0 Å². The van der Waals surface area contributed by atoms with Crippen molar-refractivity contribution in [2.75, 3.05) is 0 Å². The molecule has 0 bridgehead atoms. The van der Waals surface area contributed by atoms with Gasteiger partial charge in [0, 0.05) is 71.6 Å². The molecular weight excluding hydrogens is 762 g/mol. The van der Waals surface area contributed by atoms with Gasteiger partial charge in [0.2, 0.25) is 0 Å². The Morgan fingerprint density at radius 1 is 0.339 bits per heavy atom. The van der Waals surface area contributed by atoms with Gasteiger partial charge >= 0.3 is 0 Å². The highest BCUT2D eigenvalue weighted by atomic mass is 16.5. The number of nitrogens with zero attached hydrogens (tertiary/aromatic N) is 2. The van der Waals surface area contributed by atoms with Gasteiger partial charge in [0.15, 0.2) is 0 Å². The van der Waals surface area contributed by atoms with Gasteiger partial charge in [-0.1, -0.05) is 91.0 Å². The molecule has 4 aromatic heterocycles. The topological polar surface area (TPSA) is 54.6 Å². The lowest BCUT2D eigenvalue weighted by atomic mass is 9.31. The minimum absolute atomic E-state index is 0.0579. The van der Waals surface area contributed by atoms with Crippen LogP contribution >= 0.6 is 0 Å². The number of hydrogen-bond donors (Lipinski definition) is 0. The van der Waals surface area contributed by atoms with Gasteiger partial charge in [0.1, 0.15) is 45.3 Å². The Kier molecular flexibility index (Phi) is 5.11. The first-order valence-corrected chi connectivity index (χ1v) is 21.3. The molecule has 0 aliphatic carbocycles. The van der Waals surface area contributed by atoms with Gasteiger partial charge in [-0.2, -0.15) is 0 Å². The van der Waals surface area contributed by atoms with Crippen LogP contribution in [0, 0.1) is 0 Å². The van der Waals surface area contributed by atoms with Gasteiger partial charge in [0.05, 0.1) is 11.0 Å². The molecule has 8 heterocycles. The van der Waals surface area contributed by atoms with Crippen molar-refractivity contribution in [1.29, 1.82) is 0 Å². The smallest absolute Gasteiger partial charge is 0.256 e. The molecule has 17 rings (SSSR count). The van der Waals surface area contributed by atoms with Crippen molar-refractivity contribution in [2.45, 2.75) is 0 Å². The maximum Gasteiger partial charge on any atom is 0.256 e. The first-order chi connectivity index (χ1) is 30.8. The predicted octanol–water partition coefficient (Wildman–Crippen LogP) is 9.55.